The van der Waals surface area contributed by atoms with Gasteiger partial charge in [0.1, 0.15) is 11.3 Å². The highest BCUT2D eigenvalue weighted by molar-refractivity contribution is 5.97. The summed E-state index contributed by atoms with van der Waals surface area (Å²) in [6.07, 6.45) is 2.37. The van der Waals surface area contributed by atoms with Crippen molar-refractivity contribution >= 4 is 16.9 Å². The first-order chi connectivity index (χ1) is 11.3. The zero-order valence-electron chi connectivity index (χ0n) is 14.9. The van der Waals surface area contributed by atoms with E-state index < -0.39 is 5.97 Å². The maximum Gasteiger partial charge on any atom is 0.372 e. The minimum Gasteiger partial charge on any atom is -0.493 e. The number of aryl methyl sites for hydroxylation is 1. The molecule has 2 aromatic rings. The topological polar surface area (TPSA) is 71.7 Å². The molecule has 0 bridgehead atoms. The first kappa shape index (κ1) is 18.3. The lowest BCUT2D eigenvalue weighted by Gasteiger charge is -2.20. The van der Waals surface area contributed by atoms with Crippen molar-refractivity contribution in [2.24, 2.45) is 0 Å². The van der Waals surface area contributed by atoms with E-state index in [1.807, 2.05) is 19.1 Å². The summed E-state index contributed by atoms with van der Waals surface area (Å²) >= 11 is 0. The van der Waals surface area contributed by atoms with Crippen molar-refractivity contribution in [2.75, 3.05) is 13.2 Å². The van der Waals surface area contributed by atoms with Crippen LogP contribution in [0, 0.1) is 0 Å². The standard InChI is InChI=1S/C19H27NO4/c1-5-8-13-16-14(23-12-7-11-20-19(2,3)4)9-6-10-15(16)24-17(13)18(21)22/h6,9-10,20H,5,7-8,11-12H2,1-4H3,(H,21,22). The van der Waals surface area contributed by atoms with Gasteiger partial charge < -0.3 is 19.6 Å². The molecule has 0 fully saturated rings. The number of carboxylic acids is 1. The molecular weight excluding hydrogens is 306 g/mol. The van der Waals surface area contributed by atoms with Crippen molar-refractivity contribution in [3.8, 4) is 5.75 Å². The van der Waals surface area contributed by atoms with E-state index in [-0.39, 0.29) is 11.3 Å². The lowest BCUT2D eigenvalue weighted by Crippen LogP contribution is -2.36. The molecule has 5 nitrogen and oxygen atoms in total. The van der Waals surface area contributed by atoms with Gasteiger partial charge in [0.2, 0.25) is 5.76 Å². The molecule has 0 aliphatic carbocycles. The van der Waals surface area contributed by atoms with Crippen molar-refractivity contribution in [1.29, 1.82) is 0 Å². The number of hydrogen-bond acceptors (Lipinski definition) is 4. The van der Waals surface area contributed by atoms with Crippen molar-refractivity contribution in [3.05, 3.63) is 29.5 Å². The molecule has 0 spiro atoms. The Labute approximate surface area is 143 Å². The Balaban J connectivity index is 2.16. The zero-order valence-corrected chi connectivity index (χ0v) is 14.9. The number of benzene rings is 1. The normalized spacial score (nSPS) is 11.8. The van der Waals surface area contributed by atoms with Crippen LogP contribution in [0.15, 0.2) is 22.6 Å². The molecule has 0 aliphatic rings. The lowest BCUT2D eigenvalue weighted by atomic mass is 10.1. The largest absolute Gasteiger partial charge is 0.493 e. The predicted octanol–water partition coefficient (Wildman–Crippen LogP) is 4.24. The Morgan fingerprint density at radius 3 is 2.71 bits per heavy atom. The molecule has 0 saturated heterocycles. The number of nitrogens with one attached hydrogen (secondary N) is 1. The number of carboxylic acid groups (broad SMARTS) is 1. The van der Waals surface area contributed by atoms with E-state index in [1.165, 1.54) is 0 Å². The fourth-order valence-electron chi connectivity index (χ4n) is 2.68. The molecule has 132 valence electrons. The van der Waals surface area contributed by atoms with E-state index in [0.29, 0.717) is 24.4 Å². The highest BCUT2D eigenvalue weighted by Crippen LogP contribution is 2.34. The Bertz CT molecular complexity index is 697. The molecule has 1 heterocycles. The molecule has 2 rings (SSSR count). The average Bonchev–Trinajstić information content (AvgIpc) is 2.86. The van der Waals surface area contributed by atoms with Gasteiger partial charge in [-0.25, -0.2) is 4.79 Å². The number of carbonyl (C=O) groups is 1. The zero-order chi connectivity index (χ0) is 17.7. The SMILES string of the molecule is CCCc1c(C(=O)O)oc2cccc(OCCCNC(C)(C)C)c12. The minimum absolute atomic E-state index is 0.0253. The Kier molecular flexibility index (Phi) is 5.89. The number of ether oxygens (including phenoxy) is 1. The van der Waals surface area contributed by atoms with Crippen LogP contribution in [-0.2, 0) is 6.42 Å². The van der Waals surface area contributed by atoms with Crippen LogP contribution in [0.1, 0.15) is 56.7 Å². The number of rotatable bonds is 8. The number of fused-ring (bicyclic) bond motifs is 1. The number of furan rings is 1. The molecule has 0 amide bonds. The Morgan fingerprint density at radius 1 is 1.33 bits per heavy atom. The van der Waals surface area contributed by atoms with Crippen LogP contribution >= 0.6 is 0 Å². The molecule has 24 heavy (non-hydrogen) atoms. The third-order valence-electron chi connectivity index (χ3n) is 3.70. The number of aromatic carboxylic acids is 1. The maximum absolute atomic E-state index is 11.4. The molecule has 1 aromatic heterocycles. The minimum atomic E-state index is -1.03. The van der Waals surface area contributed by atoms with E-state index in [4.69, 9.17) is 9.15 Å². The molecule has 0 unspecified atom stereocenters. The Morgan fingerprint density at radius 2 is 2.08 bits per heavy atom. The van der Waals surface area contributed by atoms with Gasteiger partial charge in [-0.3, -0.25) is 0 Å². The summed E-state index contributed by atoms with van der Waals surface area (Å²) in [7, 11) is 0. The van der Waals surface area contributed by atoms with Crippen molar-refractivity contribution in [3.63, 3.8) is 0 Å². The highest BCUT2D eigenvalue weighted by atomic mass is 16.5. The summed E-state index contributed by atoms with van der Waals surface area (Å²) in [5.74, 6) is -0.310. The quantitative estimate of drug-likeness (QED) is 0.707. The summed E-state index contributed by atoms with van der Waals surface area (Å²) in [5, 5.41) is 13.6. The van der Waals surface area contributed by atoms with Gasteiger partial charge in [-0.2, -0.15) is 0 Å². The summed E-state index contributed by atoms with van der Waals surface area (Å²) in [6, 6.07) is 5.49. The summed E-state index contributed by atoms with van der Waals surface area (Å²) in [6.45, 7) is 9.85. The van der Waals surface area contributed by atoms with Crippen molar-refractivity contribution in [1.82, 2.24) is 5.32 Å². The van der Waals surface area contributed by atoms with Gasteiger partial charge >= 0.3 is 5.97 Å². The monoisotopic (exact) mass is 333 g/mol. The van der Waals surface area contributed by atoms with Gasteiger partial charge in [0.25, 0.3) is 0 Å². The van der Waals surface area contributed by atoms with E-state index in [0.717, 1.165) is 30.3 Å². The molecule has 0 radical (unpaired) electrons. The average molecular weight is 333 g/mol. The third-order valence-corrected chi connectivity index (χ3v) is 3.70. The van der Waals surface area contributed by atoms with Crippen LogP contribution in [0.2, 0.25) is 0 Å². The van der Waals surface area contributed by atoms with Crippen LogP contribution in [0.25, 0.3) is 11.0 Å². The van der Waals surface area contributed by atoms with Gasteiger partial charge in [0.15, 0.2) is 0 Å². The molecule has 1 aromatic carbocycles. The van der Waals surface area contributed by atoms with Gasteiger partial charge in [-0.15, -0.1) is 0 Å². The highest BCUT2D eigenvalue weighted by Gasteiger charge is 2.22. The van der Waals surface area contributed by atoms with Crippen LogP contribution in [0.5, 0.6) is 5.75 Å². The first-order valence-electron chi connectivity index (χ1n) is 8.49. The predicted molar refractivity (Wildman–Crippen MR) is 95.0 cm³/mol. The number of hydrogen-bond donors (Lipinski definition) is 2. The summed E-state index contributed by atoms with van der Waals surface area (Å²) < 4.78 is 11.5. The van der Waals surface area contributed by atoms with E-state index in [2.05, 4.69) is 26.1 Å². The summed E-state index contributed by atoms with van der Waals surface area (Å²) in [4.78, 5) is 11.4. The third kappa shape index (κ3) is 4.51. The fourth-order valence-corrected chi connectivity index (χ4v) is 2.68. The molecule has 5 heteroatoms. The smallest absolute Gasteiger partial charge is 0.372 e. The second-order valence-corrected chi connectivity index (χ2v) is 6.97. The lowest BCUT2D eigenvalue weighted by molar-refractivity contribution is 0.0663. The van der Waals surface area contributed by atoms with Crippen molar-refractivity contribution in [2.45, 2.75) is 52.5 Å². The first-order valence-corrected chi connectivity index (χ1v) is 8.49. The molecule has 2 N–H and O–H groups in total. The van der Waals surface area contributed by atoms with Gasteiger partial charge in [-0.1, -0.05) is 19.4 Å². The molecule has 0 saturated carbocycles. The molecule has 0 atom stereocenters. The second kappa shape index (κ2) is 7.71. The van der Waals surface area contributed by atoms with Crippen LogP contribution in [-0.4, -0.2) is 29.8 Å². The molecular formula is C19H27NO4. The van der Waals surface area contributed by atoms with Crippen LogP contribution in [0.4, 0.5) is 0 Å². The van der Waals surface area contributed by atoms with E-state index >= 15 is 0 Å². The second-order valence-electron chi connectivity index (χ2n) is 6.97. The van der Waals surface area contributed by atoms with Gasteiger partial charge in [0.05, 0.1) is 12.0 Å². The fraction of sp³-hybridized carbons (Fsp3) is 0.526. The van der Waals surface area contributed by atoms with Gasteiger partial charge in [0, 0.05) is 11.1 Å². The molecule has 0 aliphatic heterocycles. The van der Waals surface area contributed by atoms with Crippen LogP contribution < -0.4 is 10.1 Å². The van der Waals surface area contributed by atoms with Crippen LogP contribution in [0.3, 0.4) is 0 Å². The summed E-state index contributed by atoms with van der Waals surface area (Å²) in [5.41, 5.74) is 1.39. The maximum atomic E-state index is 11.4. The van der Waals surface area contributed by atoms with E-state index in [1.54, 1.807) is 6.07 Å². The van der Waals surface area contributed by atoms with Crippen molar-refractivity contribution < 1.29 is 19.1 Å². The Hall–Kier alpha value is -2.01. The van der Waals surface area contributed by atoms with Gasteiger partial charge in [-0.05, 0) is 52.3 Å². The van der Waals surface area contributed by atoms with E-state index in [9.17, 15) is 9.90 Å².